The van der Waals surface area contributed by atoms with Crippen molar-refractivity contribution in [3.8, 4) is 0 Å². The van der Waals surface area contributed by atoms with Crippen molar-refractivity contribution in [2.75, 3.05) is 11.5 Å². The zero-order valence-electron chi connectivity index (χ0n) is 12.0. The Morgan fingerprint density at radius 1 is 1.33 bits per heavy atom. The van der Waals surface area contributed by atoms with Crippen molar-refractivity contribution in [3.05, 3.63) is 41.7 Å². The molecule has 4 nitrogen and oxygen atoms in total. The lowest BCUT2D eigenvalue weighted by molar-refractivity contribution is -0.117. The molecule has 114 valence electrons. The summed E-state index contributed by atoms with van der Waals surface area (Å²) in [6.45, 7) is 3.48. The van der Waals surface area contributed by atoms with E-state index in [4.69, 9.17) is 0 Å². The van der Waals surface area contributed by atoms with Gasteiger partial charge in [0.15, 0.2) is 9.84 Å². The van der Waals surface area contributed by atoms with Crippen molar-refractivity contribution >= 4 is 21.3 Å². The highest BCUT2D eigenvalue weighted by molar-refractivity contribution is 7.91. The Balaban J connectivity index is 2.07. The zero-order valence-corrected chi connectivity index (χ0v) is 12.8. The van der Waals surface area contributed by atoms with Crippen LogP contribution < -0.4 is 5.32 Å². The lowest BCUT2D eigenvalue weighted by Gasteiger charge is -2.23. The Morgan fingerprint density at radius 3 is 2.48 bits per heavy atom. The van der Waals surface area contributed by atoms with Crippen molar-refractivity contribution < 1.29 is 17.6 Å². The molecule has 1 unspecified atom stereocenters. The monoisotopic (exact) mass is 311 g/mol. The highest BCUT2D eigenvalue weighted by Gasteiger charge is 2.39. The molecule has 1 N–H and O–H groups in total. The summed E-state index contributed by atoms with van der Waals surface area (Å²) in [5.74, 6) is -0.601. The summed E-state index contributed by atoms with van der Waals surface area (Å²) in [4.78, 5) is 12.0. The van der Waals surface area contributed by atoms with Crippen molar-refractivity contribution in [1.82, 2.24) is 5.32 Å². The molecule has 1 fully saturated rings. The normalized spacial score (nSPS) is 24.8. The minimum absolute atomic E-state index is 0.0326. The van der Waals surface area contributed by atoms with Gasteiger partial charge in [0.1, 0.15) is 5.82 Å². The summed E-state index contributed by atoms with van der Waals surface area (Å²) in [6.07, 6.45) is 1.83. The van der Waals surface area contributed by atoms with Crippen molar-refractivity contribution in [1.29, 1.82) is 0 Å². The fourth-order valence-corrected chi connectivity index (χ4v) is 4.53. The minimum atomic E-state index is -3.06. The molecule has 21 heavy (non-hydrogen) atoms. The van der Waals surface area contributed by atoms with Gasteiger partial charge in [-0.1, -0.05) is 12.1 Å². The van der Waals surface area contributed by atoms with Gasteiger partial charge in [0.25, 0.3) is 0 Å². The van der Waals surface area contributed by atoms with E-state index in [0.29, 0.717) is 12.0 Å². The molecule has 1 saturated heterocycles. The number of halogens is 1. The van der Waals surface area contributed by atoms with Crippen LogP contribution in [0.15, 0.2) is 30.3 Å². The lowest BCUT2D eigenvalue weighted by Crippen LogP contribution is -2.46. The van der Waals surface area contributed by atoms with Gasteiger partial charge >= 0.3 is 0 Å². The first-order chi connectivity index (χ1) is 9.69. The van der Waals surface area contributed by atoms with Crippen LogP contribution in [0, 0.1) is 5.82 Å². The van der Waals surface area contributed by atoms with Crippen LogP contribution in [0.2, 0.25) is 0 Å². The number of allylic oxidation sites excluding steroid dienone is 1. The molecule has 2 rings (SSSR count). The molecule has 0 radical (unpaired) electrons. The molecule has 0 aromatic heterocycles. The highest BCUT2D eigenvalue weighted by atomic mass is 32.2. The number of benzene rings is 1. The van der Waals surface area contributed by atoms with E-state index in [0.717, 1.165) is 5.56 Å². The Kier molecular flexibility index (Phi) is 4.18. The maximum atomic E-state index is 12.9. The predicted octanol–water partition coefficient (Wildman–Crippen LogP) is 1.92. The van der Waals surface area contributed by atoms with Gasteiger partial charge in [-0.05, 0) is 43.5 Å². The molecule has 1 amide bonds. The predicted molar refractivity (Wildman–Crippen MR) is 79.9 cm³/mol. The summed E-state index contributed by atoms with van der Waals surface area (Å²) >= 11 is 0. The third-order valence-corrected chi connectivity index (χ3v) is 5.48. The second-order valence-corrected chi connectivity index (χ2v) is 7.91. The quantitative estimate of drug-likeness (QED) is 0.868. The van der Waals surface area contributed by atoms with Gasteiger partial charge in [-0.15, -0.1) is 0 Å². The van der Waals surface area contributed by atoms with Gasteiger partial charge in [-0.3, -0.25) is 4.79 Å². The van der Waals surface area contributed by atoms with E-state index in [-0.39, 0.29) is 23.2 Å². The largest absolute Gasteiger partial charge is 0.346 e. The van der Waals surface area contributed by atoms with Crippen LogP contribution in [-0.2, 0) is 14.6 Å². The average Bonchev–Trinajstić information content (AvgIpc) is 2.63. The smallest absolute Gasteiger partial charge is 0.244 e. The third-order valence-electron chi connectivity index (χ3n) is 3.58. The van der Waals surface area contributed by atoms with Crippen LogP contribution in [0.3, 0.4) is 0 Å². The fraction of sp³-hybridized carbons (Fsp3) is 0.400. The van der Waals surface area contributed by atoms with Crippen LogP contribution in [0.25, 0.3) is 5.57 Å². The van der Waals surface area contributed by atoms with Crippen molar-refractivity contribution in [2.24, 2.45) is 0 Å². The summed E-state index contributed by atoms with van der Waals surface area (Å²) in [5, 5.41) is 2.75. The molecule has 0 spiro atoms. The lowest BCUT2D eigenvalue weighted by atomic mass is 10.0. The standard InChI is InChI=1S/C15H18FNO3S/c1-11(12-3-5-13(16)6-4-12)9-14(18)17-15(2)7-8-21(19,20)10-15/h3-6,9H,7-8,10H2,1-2H3,(H,17,18). The van der Waals surface area contributed by atoms with Gasteiger partial charge in [0, 0.05) is 6.08 Å². The molecule has 1 atom stereocenters. The number of nitrogens with one attached hydrogen (secondary N) is 1. The first kappa shape index (κ1) is 15.7. The molecule has 1 heterocycles. The molecule has 0 saturated carbocycles. The molecule has 1 aliphatic heterocycles. The van der Waals surface area contributed by atoms with Gasteiger partial charge in [-0.2, -0.15) is 0 Å². The summed E-state index contributed by atoms with van der Waals surface area (Å²) in [6, 6.07) is 5.84. The van der Waals surface area contributed by atoms with E-state index in [1.54, 1.807) is 26.0 Å². The summed E-state index contributed by atoms with van der Waals surface area (Å²) in [5.41, 5.74) is 0.725. The number of amides is 1. The second-order valence-electron chi connectivity index (χ2n) is 5.73. The second kappa shape index (κ2) is 5.60. The van der Waals surface area contributed by atoms with E-state index < -0.39 is 15.4 Å². The van der Waals surface area contributed by atoms with Crippen LogP contribution >= 0.6 is 0 Å². The van der Waals surface area contributed by atoms with Gasteiger partial charge in [0.05, 0.1) is 17.0 Å². The van der Waals surface area contributed by atoms with Crippen molar-refractivity contribution in [2.45, 2.75) is 25.8 Å². The SMILES string of the molecule is CC(=CC(=O)NC1(C)CCS(=O)(=O)C1)c1ccc(F)cc1. The molecule has 0 aliphatic carbocycles. The number of hydrogen-bond donors (Lipinski definition) is 1. The Morgan fingerprint density at radius 2 is 1.95 bits per heavy atom. The molecule has 1 aromatic carbocycles. The molecule has 1 aromatic rings. The van der Waals surface area contributed by atoms with Gasteiger partial charge in [-0.25, -0.2) is 12.8 Å². The van der Waals surface area contributed by atoms with E-state index in [1.165, 1.54) is 18.2 Å². The number of hydrogen-bond acceptors (Lipinski definition) is 3. The van der Waals surface area contributed by atoms with E-state index >= 15 is 0 Å². The minimum Gasteiger partial charge on any atom is -0.346 e. The molecular formula is C15H18FNO3S. The zero-order chi connectivity index (χ0) is 15.7. The first-order valence-electron chi connectivity index (χ1n) is 6.66. The van der Waals surface area contributed by atoms with Crippen LogP contribution in [-0.4, -0.2) is 31.4 Å². The Labute approximate surface area is 124 Å². The summed E-state index contributed by atoms with van der Waals surface area (Å²) in [7, 11) is -3.06. The van der Waals surface area contributed by atoms with E-state index in [9.17, 15) is 17.6 Å². The van der Waals surface area contributed by atoms with Gasteiger partial charge in [0.2, 0.25) is 5.91 Å². The maximum Gasteiger partial charge on any atom is 0.244 e. The topological polar surface area (TPSA) is 63.2 Å². The Bertz CT molecular complexity index is 679. The van der Waals surface area contributed by atoms with Crippen LogP contribution in [0.4, 0.5) is 4.39 Å². The van der Waals surface area contributed by atoms with Crippen LogP contribution in [0.1, 0.15) is 25.8 Å². The average molecular weight is 311 g/mol. The molecule has 6 heteroatoms. The number of carbonyl (C=O) groups excluding carboxylic acids is 1. The van der Waals surface area contributed by atoms with Crippen molar-refractivity contribution in [3.63, 3.8) is 0 Å². The first-order valence-corrected chi connectivity index (χ1v) is 8.48. The maximum absolute atomic E-state index is 12.9. The van der Waals surface area contributed by atoms with E-state index in [2.05, 4.69) is 5.32 Å². The summed E-state index contributed by atoms with van der Waals surface area (Å²) < 4.78 is 35.9. The fourth-order valence-electron chi connectivity index (χ4n) is 2.44. The van der Waals surface area contributed by atoms with E-state index in [1.807, 2.05) is 0 Å². The van der Waals surface area contributed by atoms with Crippen LogP contribution in [0.5, 0.6) is 0 Å². The molecule has 1 aliphatic rings. The molecular weight excluding hydrogens is 293 g/mol. The molecule has 0 bridgehead atoms. The number of rotatable bonds is 3. The number of sulfone groups is 1. The third kappa shape index (κ3) is 4.14. The number of carbonyl (C=O) groups is 1. The van der Waals surface area contributed by atoms with Gasteiger partial charge < -0.3 is 5.32 Å². The Hall–Kier alpha value is -1.69. The highest BCUT2D eigenvalue weighted by Crippen LogP contribution is 2.23.